The molecule has 5 nitrogen and oxygen atoms in total. The predicted octanol–water partition coefficient (Wildman–Crippen LogP) is 4.13. The number of unbranched alkanes of at least 4 members (excludes halogenated alkanes) is 2. The van der Waals surface area contributed by atoms with Crippen LogP contribution in [0.1, 0.15) is 31.7 Å². The van der Waals surface area contributed by atoms with Gasteiger partial charge in [0.2, 0.25) is 5.13 Å². The third kappa shape index (κ3) is 3.33. The van der Waals surface area contributed by atoms with Gasteiger partial charge in [0.1, 0.15) is 5.51 Å². The second-order valence-corrected chi connectivity index (χ2v) is 5.95. The molecule has 2 heterocycles. The van der Waals surface area contributed by atoms with Crippen molar-refractivity contribution < 1.29 is 0 Å². The molecule has 0 atom stereocenters. The molecule has 0 bridgehead atoms. The van der Waals surface area contributed by atoms with Gasteiger partial charge in [-0.05, 0) is 12.5 Å². The summed E-state index contributed by atoms with van der Waals surface area (Å²) in [7, 11) is 0. The Morgan fingerprint density at radius 1 is 1.32 bits per heavy atom. The first-order valence-electron chi connectivity index (χ1n) is 7.51. The molecule has 0 aliphatic carbocycles. The van der Waals surface area contributed by atoms with Gasteiger partial charge in [-0.2, -0.15) is 5.10 Å². The number of anilines is 1. The number of nitrogens with one attached hydrogen (secondary N) is 1. The van der Waals surface area contributed by atoms with Crippen LogP contribution >= 0.6 is 11.3 Å². The minimum Gasteiger partial charge on any atom is -0.347 e. The third-order valence-corrected chi connectivity index (χ3v) is 4.14. The summed E-state index contributed by atoms with van der Waals surface area (Å²) in [5.74, 6) is 0. The van der Waals surface area contributed by atoms with Gasteiger partial charge in [0.15, 0.2) is 0 Å². The molecular formula is C16H19N5S. The molecule has 0 aliphatic rings. The fraction of sp³-hybridized carbons (Fsp3) is 0.312. The van der Waals surface area contributed by atoms with E-state index in [2.05, 4.69) is 62.7 Å². The minimum absolute atomic E-state index is 0.697. The molecule has 0 aliphatic heterocycles. The first-order chi connectivity index (χ1) is 10.9. The quantitative estimate of drug-likeness (QED) is 0.405. The number of para-hydroxylation sites is 1. The second kappa shape index (κ2) is 7.17. The summed E-state index contributed by atoms with van der Waals surface area (Å²) in [5, 5.41) is 13.9. The highest BCUT2D eigenvalue weighted by Gasteiger charge is 2.06. The highest BCUT2D eigenvalue weighted by molar-refractivity contribution is 7.13. The van der Waals surface area contributed by atoms with Crippen LogP contribution in [-0.2, 0) is 6.54 Å². The number of rotatable bonds is 7. The smallest absolute Gasteiger partial charge is 0.225 e. The van der Waals surface area contributed by atoms with Gasteiger partial charge in [-0.25, -0.2) is 0 Å². The van der Waals surface area contributed by atoms with E-state index in [0.717, 1.165) is 12.1 Å². The molecule has 0 radical (unpaired) electrons. The van der Waals surface area contributed by atoms with Crippen LogP contribution in [0.4, 0.5) is 5.13 Å². The lowest BCUT2D eigenvalue weighted by Gasteiger charge is -2.03. The summed E-state index contributed by atoms with van der Waals surface area (Å²) >= 11 is 1.43. The van der Waals surface area contributed by atoms with Crippen LogP contribution in [-0.4, -0.2) is 21.0 Å². The third-order valence-electron chi connectivity index (χ3n) is 3.55. The number of aromatic nitrogens is 3. The average Bonchev–Trinajstić information content (AvgIpc) is 3.17. The van der Waals surface area contributed by atoms with Crippen LogP contribution in [0.15, 0.2) is 41.1 Å². The number of nitrogens with zero attached hydrogens (tertiary/aromatic N) is 4. The van der Waals surface area contributed by atoms with Gasteiger partial charge in [-0.15, -0.1) is 10.2 Å². The summed E-state index contributed by atoms with van der Waals surface area (Å²) in [5.41, 5.74) is 6.96. The highest BCUT2D eigenvalue weighted by atomic mass is 32.1. The van der Waals surface area contributed by atoms with Crippen molar-refractivity contribution in [2.45, 2.75) is 32.7 Å². The van der Waals surface area contributed by atoms with E-state index in [0.29, 0.717) is 5.13 Å². The summed E-state index contributed by atoms with van der Waals surface area (Å²) in [6, 6.07) is 8.45. The SMILES string of the molecule is CCCCCn1cc(/C=N/Nc2nncs2)c2ccccc21. The van der Waals surface area contributed by atoms with Crippen molar-refractivity contribution in [2.75, 3.05) is 5.43 Å². The van der Waals surface area contributed by atoms with E-state index in [-0.39, 0.29) is 0 Å². The van der Waals surface area contributed by atoms with Gasteiger partial charge < -0.3 is 4.57 Å². The molecule has 3 aromatic rings. The Labute approximate surface area is 133 Å². The van der Waals surface area contributed by atoms with Crippen molar-refractivity contribution >= 4 is 33.6 Å². The number of hydrazone groups is 1. The first kappa shape index (κ1) is 14.7. The Morgan fingerprint density at radius 2 is 2.23 bits per heavy atom. The van der Waals surface area contributed by atoms with Crippen LogP contribution in [0.2, 0.25) is 0 Å². The van der Waals surface area contributed by atoms with Crippen LogP contribution in [0.3, 0.4) is 0 Å². The maximum Gasteiger partial charge on any atom is 0.225 e. The first-order valence-corrected chi connectivity index (χ1v) is 8.39. The van der Waals surface area contributed by atoms with Gasteiger partial charge in [0.05, 0.1) is 6.21 Å². The monoisotopic (exact) mass is 313 g/mol. The van der Waals surface area contributed by atoms with Gasteiger partial charge >= 0.3 is 0 Å². The Morgan fingerprint density at radius 3 is 3.05 bits per heavy atom. The number of hydrogen-bond donors (Lipinski definition) is 1. The van der Waals surface area contributed by atoms with Crippen molar-refractivity contribution in [3.8, 4) is 0 Å². The molecule has 3 rings (SSSR count). The topological polar surface area (TPSA) is 55.1 Å². The molecule has 1 aromatic carbocycles. The maximum atomic E-state index is 4.26. The average molecular weight is 313 g/mol. The Balaban J connectivity index is 1.81. The Hall–Kier alpha value is -2.21. The van der Waals surface area contributed by atoms with Gasteiger partial charge in [-0.1, -0.05) is 49.3 Å². The molecule has 2 aromatic heterocycles. The lowest BCUT2D eigenvalue weighted by Crippen LogP contribution is -1.95. The molecule has 22 heavy (non-hydrogen) atoms. The van der Waals surface area contributed by atoms with Crippen molar-refractivity contribution in [2.24, 2.45) is 5.10 Å². The van der Waals surface area contributed by atoms with Gasteiger partial charge in [-0.3, -0.25) is 5.43 Å². The zero-order valence-electron chi connectivity index (χ0n) is 12.6. The van der Waals surface area contributed by atoms with E-state index in [1.807, 2.05) is 6.21 Å². The van der Waals surface area contributed by atoms with E-state index in [9.17, 15) is 0 Å². The fourth-order valence-corrected chi connectivity index (χ4v) is 2.87. The van der Waals surface area contributed by atoms with Crippen LogP contribution in [0, 0.1) is 0 Å². The van der Waals surface area contributed by atoms with Crippen molar-refractivity contribution in [3.63, 3.8) is 0 Å². The van der Waals surface area contributed by atoms with E-state index < -0.39 is 0 Å². The summed E-state index contributed by atoms with van der Waals surface area (Å²) in [6.07, 6.45) is 7.72. The molecule has 0 saturated heterocycles. The molecule has 0 fully saturated rings. The van der Waals surface area contributed by atoms with Crippen molar-refractivity contribution in [1.82, 2.24) is 14.8 Å². The van der Waals surface area contributed by atoms with Crippen molar-refractivity contribution in [3.05, 3.63) is 41.5 Å². The zero-order chi connectivity index (χ0) is 15.2. The van der Waals surface area contributed by atoms with E-state index >= 15 is 0 Å². The zero-order valence-corrected chi connectivity index (χ0v) is 13.4. The maximum absolute atomic E-state index is 4.26. The highest BCUT2D eigenvalue weighted by Crippen LogP contribution is 2.21. The molecule has 114 valence electrons. The Bertz CT molecular complexity index is 745. The normalized spacial score (nSPS) is 11.5. The molecule has 0 unspecified atom stereocenters. The molecular weight excluding hydrogens is 294 g/mol. The van der Waals surface area contributed by atoms with Crippen LogP contribution in [0.25, 0.3) is 10.9 Å². The van der Waals surface area contributed by atoms with Crippen LogP contribution < -0.4 is 5.43 Å². The fourth-order valence-electron chi connectivity index (χ4n) is 2.47. The molecule has 0 spiro atoms. The van der Waals surface area contributed by atoms with Gasteiger partial charge in [0.25, 0.3) is 0 Å². The van der Waals surface area contributed by atoms with E-state index in [4.69, 9.17) is 0 Å². The minimum atomic E-state index is 0.697. The van der Waals surface area contributed by atoms with Crippen molar-refractivity contribution in [1.29, 1.82) is 0 Å². The largest absolute Gasteiger partial charge is 0.347 e. The molecule has 6 heteroatoms. The predicted molar refractivity (Wildman–Crippen MR) is 92.6 cm³/mol. The molecule has 0 amide bonds. The number of fused-ring (bicyclic) bond motifs is 1. The van der Waals surface area contributed by atoms with Crippen LogP contribution in [0.5, 0.6) is 0 Å². The van der Waals surface area contributed by atoms with E-state index in [1.54, 1.807) is 5.51 Å². The number of aryl methyl sites for hydroxylation is 1. The lowest BCUT2D eigenvalue weighted by molar-refractivity contribution is 0.616. The number of hydrogen-bond acceptors (Lipinski definition) is 5. The van der Waals surface area contributed by atoms with E-state index in [1.165, 1.54) is 41.5 Å². The summed E-state index contributed by atoms with van der Waals surface area (Å²) in [4.78, 5) is 0. The summed E-state index contributed by atoms with van der Waals surface area (Å²) < 4.78 is 2.32. The molecule has 1 N–H and O–H groups in total. The van der Waals surface area contributed by atoms with Gasteiger partial charge in [0, 0.05) is 29.2 Å². The Kier molecular flexibility index (Phi) is 4.80. The second-order valence-electron chi connectivity index (χ2n) is 5.12. The molecule has 0 saturated carbocycles. The number of benzene rings is 1. The standard InChI is InChI=1S/C16H19N5S/c1-2-3-6-9-21-11-13(14-7-4-5-8-15(14)21)10-17-19-16-20-18-12-22-16/h4-5,7-8,10-12H,2-3,6,9H2,1H3,(H,19,20)/b17-10+. The lowest BCUT2D eigenvalue weighted by atomic mass is 10.2. The summed E-state index contributed by atoms with van der Waals surface area (Å²) in [6.45, 7) is 3.27.